The first-order chi connectivity index (χ1) is 3.71. The smallest absolute Gasteiger partial charge is 0.183 e. The van der Waals surface area contributed by atoms with Gasteiger partial charge in [0.15, 0.2) is 0 Å². The van der Waals surface area contributed by atoms with Crippen molar-refractivity contribution in [3.8, 4) is 0 Å². The predicted octanol–water partition coefficient (Wildman–Crippen LogP) is -1.77. The summed E-state index contributed by atoms with van der Waals surface area (Å²) in [6.45, 7) is 0. The molecule has 0 bridgehead atoms. The Morgan fingerprint density at radius 3 is 1.44 bits per heavy atom. The molecule has 56 valence electrons. The summed E-state index contributed by atoms with van der Waals surface area (Å²) in [4.78, 5) is 0. The summed E-state index contributed by atoms with van der Waals surface area (Å²) in [6, 6.07) is 0. The average molecular weight is 218 g/mol. The molecule has 0 N–H and O–H groups in total. The topological polar surface area (TPSA) is 78.4 Å². The minimum absolute atomic E-state index is 2.51. The highest BCUT2D eigenvalue weighted by Gasteiger charge is 2.40. The number of hydrogen-bond acceptors (Lipinski definition) is 4. The molecule has 0 radical (unpaired) electrons. The molecular formula is CCl4O4. The van der Waals surface area contributed by atoms with Gasteiger partial charge in [-0.3, -0.25) is 0 Å². The van der Waals surface area contributed by atoms with Gasteiger partial charge in [-0.2, -0.15) is 14.0 Å². The molecule has 8 heteroatoms. The van der Waals surface area contributed by atoms with Gasteiger partial charge in [0.05, 0.1) is 10.2 Å². The van der Waals surface area contributed by atoms with E-state index in [1.165, 1.54) is 0 Å². The summed E-state index contributed by atoms with van der Waals surface area (Å²) in [5.74, 6) is 0. The van der Waals surface area contributed by atoms with Gasteiger partial charge in [-0.25, -0.2) is 0 Å². The van der Waals surface area contributed by atoms with Gasteiger partial charge in [0.25, 0.3) is 0 Å². The molecule has 0 atom stereocenters. The summed E-state index contributed by atoms with van der Waals surface area (Å²) >= 11 is 14.2. The van der Waals surface area contributed by atoms with Crippen molar-refractivity contribution in [1.29, 1.82) is 0 Å². The first-order valence-corrected chi connectivity index (χ1v) is 3.76. The van der Waals surface area contributed by atoms with Crippen LogP contribution in [0.5, 0.6) is 0 Å². The molecule has 0 aliphatic carbocycles. The monoisotopic (exact) mass is 216 g/mol. The van der Waals surface area contributed by atoms with Crippen LogP contribution in [0.15, 0.2) is 0 Å². The van der Waals surface area contributed by atoms with Crippen molar-refractivity contribution in [3.63, 3.8) is 0 Å². The Balaban J connectivity index is 3.75. The van der Waals surface area contributed by atoms with E-state index in [9.17, 15) is 14.0 Å². The zero-order valence-corrected chi connectivity index (χ0v) is 6.67. The van der Waals surface area contributed by atoms with Crippen LogP contribution in [0.4, 0.5) is 0 Å². The first-order valence-electron chi connectivity index (χ1n) is 1.39. The summed E-state index contributed by atoms with van der Waals surface area (Å²) < 4.78 is 29.6. The van der Waals surface area contributed by atoms with Crippen LogP contribution in [0.2, 0.25) is 0 Å². The Labute approximate surface area is 67.6 Å². The van der Waals surface area contributed by atoms with E-state index in [-0.39, 0.29) is 0 Å². The third-order valence-electron chi connectivity index (χ3n) is 0.182. The number of halogens is 4. The van der Waals surface area contributed by atoms with Gasteiger partial charge >= 0.3 is 3.98 Å². The maximum Gasteiger partial charge on any atom is 0.447 e. The van der Waals surface area contributed by atoms with Gasteiger partial charge in [0.1, 0.15) is 4.29 Å². The Kier molecular flexibility index (Phi) is 3.27. The molecule has 0 fully saturated rings. The molecule has 4 nitrogen and oxygen atoms in total. The maximum absolute atomic E-state index is 9.59. The fraction of sp³-hybridized carbons (Fsp3) is 1.00. The van der Waals surface area contributed by atoms with E-state index in [1.807, 2.05) is 0 Å². The average Bonchev–Trinajstić information content (AvgIpc) is 1.14. The third kappa shape index (κ3) is 9.00. The molecular weight excluding hydrogens is 218 g/mol. The lowest BCUT2D eigenvalue weighted by molar-refractivity contribution is -1.92. The lowest BCUT2D eigenvalue weighted by Gasteiger charge is -2.14. The molecule has 9 heavy (non-hydrogen) atoms. The van der Waals surface area contributed by atoms with Crippen molar-refractivity contribution >= 4 is 34.8 Å². The summed E-state index contributed by atoms with van der Waals surface area (Å²) in [6.07, 6.45) is 0. The molecule has 0 aromatic heterocycles. The second kappa shape index (κ2) is 2.94. The van der Waals surface area contributed by atoms with E-state index < -0.39 is 14.2 Å². The predicted molar refractivity (Wildman–Crippen MR) is 21.4 cm³/mol. The van der Waals surface area contributed by atoms with Crippen LogP contribution < -0.4 is 14.0 Å². The van der Waals surface area contributed by atoms with E-state index in [1.54, 1.807) is 0 Å². The van der Waals surface area contributed by atoms with Crippen LogP contribution in [-0.2, 0) is 4.29 Å². The lowest BCUT2D eigenvalue weighted by Crippen LogP contribution is -2.62. The van der Waals surface area contributed by atoms with E-state index in [0.29, 0.717) is 0 Å². The Hall–Kier alpha value is 1.00. The molecule has 0 rings (SSSR count). The minimum Gasteiger partial charge on any atom is -0.183 e. The number of rotatable bonds is 1. The molecule has 0 aromatic rings. The van der Waals surface area contributed by atoms with Gasteiger partial charge in [0, 0.05) is 0 Å². The Bertz CT molecular complexity index is 77.7. The van der Waals surface area contributed by atoms with Crippen LogP contribution in [0.3, 0.4) is 0 Å². The molecule has 0 spiro atoms. The SMILES string of the molecule is [O-][Cl+3]([O-])([O-])OC(Cl)(Cl)Cl. The standard InChI is InChI=1S/CCl4O4/c2-1(3,4)9-5(6,7)8. The first kappa shape index (κ1) is 10.0. The van der Waals surface area contributed by atoms with E-state index in [2.05, 4.69) is 4.29 Å². The zero-order valence-electron chi connectivity index (χ0n) is 3.64. The fourth-order valence-electron chi connectivity index (χ4n) is 0.107. The van der Waals surface area contributed by atoms with Gasteiger partial charge in [-0.1, -0.05) is 0 Å². The molecule has 0 unspecified atom stereocenters. The van der Waals surface area contributed by atoms with E-state index >= 15 is 0 Å². The Morgan fingerprint density at radius 1 is 1.11 bits per heavy atom. The van der Waals surface area contributed by atoms with Crippen molar-refractivity contribution in [2.45, 2.75) is 3.98 Å². The highest BCUT2D eigenvalue weighted by atomic mass is 35.7. The van der Waals surface area contributed by atoms with Crippen molar-refractivity contribution in [2.75, 3.05) is 0 Å². The van der Waals surface area contributed by atoms with Gasteiger partial charge in [0.2, 0.25) is 0 Å². The van der Waals surface area contributed by atoms with Crippen LogP contribution in [-0.4, -0.2) is 3.98 Å². The van der Waals surface area contributed by atoms with Crippen LogP contribution in [0, 0.1) is 10.2 Å². The molecule has 0 aromatic carbocycles. The quantitative estimate of drug-likeness (QED) is 0.487. The van der Waals surface area contributed by atoms with Crippen LogP contribution >= 0.6 is 34.8 Å². The summed E-state index contributed by atoms with van der Waals surface area (Å²) in [5.41, 5.74) is 0. The van der Waals surface area contributed by atoms with E-state index in [4.69, 9.17) is 34.8 Å². The van der Waals surface area contributed by atoms with Crippen molar-refractivity contribution in [1.82, 2.24) is 0 Å². The minimum atomic E-state index is -4.67. The molecule has 0 heterocycles. The van der Waals surface area contributed by atoms with E-state index in [0.717, 1.165) is 0 Å². The summed E-state index contributed by atoms with van der Waals surface area (Å²) in [7, 11) is -4.67. The van der Waals surface area contributed by atoms with Crippen molar-refractivity contribution in [3.05, 3.63) is 0 Å². The molecule has 0 saturated carbocycles. The van der Waals surface area contributed by atoms with Gasteiger partial charge in [-0.15, -0.1) is 0 Å². The van der Waals surface area contributed by atoms with Gasteiger partial charge in [-0.05, 0) is 34.8 Å². The second-order valence-electron chi connectivity index (χ2n) is 0.901. The summed E-state index contributed by atoms with van der Waals surface area (Å²) in [5, 5.41) is 0. The van der Waals surface area contributed by atoms with Gasteiger partial charge < -0.3 is 0 Å². The molecule has 0 amide bonds. The largest absolute Gasteiger partial charge is 0.447 e. The second-order valence-corrected chi connectivity index (χ2v) is 3.99. The van der Waals surface area contributed by atoms with Crippen molar-refractivity contribution < 1.29 is 28.5 Å². The molecule has 0 aliphatic heterocycles. The molecule has 0 aliphatic rings. The van der Waals surface area contributed by atoms with Crippen LogP contribution in [0.25, 0.3) is 0 Å². The Morgan fingerprint density at radius 2 is 1.44 bits per heavy atom. The third-order valence-corrected chi connectivity index (χ3v) is 1.07. The fourth-order valence-corrected chi connectivity index (χ4v) is 0.964. The highest BCUT2D eigenvalue weighted by molar-refractivity contribution is 6.66. The highest BCUT2D eigenvalue weighted by Crippen LogP contribution is 2.29. The normalized spacial score (nSPS) is 14.0. The van der Waals surface area contributed by atoms with Crippen molar-refractivity contribution in [2.24, 2.45) is 0 Å². The number of alkyl halides is 3. The maximum atomic E-state index is 9.59. The zero-order chi connectivity index (χ0) is 7.71. The molecule has 0 saturated heterocycles. The number of hydrogen-bond donors (Lipinski definition) is 0. The van der Waals surface area contributed by atoms with Crippen LogP contribution in [0.1, 0.15) is 0 Å². The lowest BCUT2D eigenvalue weighted by atomic mass is 11.7.